The van der Waals surface area contributed by atoms with E-state index in [4.69, 9.17) is 9.05 Å². The summed E-state index contributed by atoms with van der Waals surface area (Å²) in [6, 6.07) is 5.56. The smallest absolute Gasteiger partial charge is 0.246 e. The highest BCUT2D eigenvalue weighted by Crippen LogP contribution is 2.15. The number of thiophene rings is 1. The summed E-state index contributed by atoms with van der Waals surface area (Å²) in [5.74, 6) is 1.06. The topological polar surface area (TPSA) is 94.1 Å². The summed E-state index contributed by atoms with van der Waals surface area (Å²) >= 11 is 1.56. The van der Waals surface area contributed by atoms with Crippen molar-refractivity contribution < 1.29 is 13.8 Å². The largest absolute Gasteiger partial charge is 0.361 e. The van der Waals surface area contributed by atoms with Gasteiger partial charge in [0.2, 0.25) is 17.6 Å². The first-order valence-electron chi connectivity index (χ1n) is 6.46. The van der Waals surface area contributed by atoms with Crippen LogP contribution in [0.4, 0.5) is 0 Å². The first-order valence-corrected chi connectivity index (χ1v) is 7.34. The quantitative estimate of drug-likeness (QED) is 0.726. The number of nitrogens with one attached hydrogen (secondary N) is 1. The normalized spacial score (nSPS) is 11.1. The maximum absolute atomic E-state index is 11.7. The molecule has 3 rings (SSSR count). The van der Waals surface area contributed by atoms with Crippen LogP contribution >= 0.6 is 11.3 Å². The Morgan fingerprint density at radius 1 is 1.41 bits per heavy atom. The summed E-state index contributed by atoms with van der Waals surface area (Å²) in [5, 5.41) is 12.2. The van der Waals surface area contributed by atoms with Crippen LogP contribution in [0.3, 0.4) is 0 Å². The van der Waals surface area contributed by atoms with E-state index in [-0.39, 0.29) is 12.5 Å². The summed E-state index contributed by atoms with van der Waals surface area (Å²) in [6.07, 6.45) is 3.21. The third kappa shape index (κ3) is 3.47. The van der Waals surface area contributed by atoms with Crippen LogP contribution in [0.15, 0.2) is 38.7 Å². The maximum Gasteiger partial charge on any atom is 0.246 e. The van der Waals surface area contributed by atoms with Crippen LogP contribution in [0.5, 0.6) is 0 Å². The number of carbonyl (C=O) groups excluding carboxylic acids is 1. The van der Waals surface area contributed by atoms with Crippen molar-refractivity contribution in [3.63, 3.8) is 0 Å². The fourth-order valence-electron chi connectivity index (χ4n) is 1.67. The number of rotatable bonds is 5. The highest BCUT2D eigenvalue weighted by Gasteiger charge is 2.12. The summed E-state index contributed by atoms with van der Waals surface area (Å²) in [5.41, 5.74) is 0.497. The van der Waals surface area contributed by atoms with Crippen LogP contribution in [0.1, 0.15) is 16.5 Å². The van der Waals surface area contributed by atoms with Crippen molar-refractivity contribution in [1.82, 2.24) is 20.6 Å². The van der Waals surface area contributed by atoms with Gasteiger partial charge in [-0.1, -0.05) is 16.4 Å². The lowest BCUT2D eigenvalue weighted by atomic mass is 10.4. The second-order valence-electron chi connectivity index (χ2n) is 4.40. The summed E-state index contributed by atoms with van der Waals surface area (Å²) in [6.45, 7) is 1.93. The van der Waals surface area contributed by atoms with E-state index < -0.39 is 0 Å². The highest BCUT2D eigenvalue weighted by atomic mass is 32.1. The summed E-state index contributed by atoms with van der Waals surface area (Å²) in [4.78, 5) is 16.8. The molecule has 1 amide bonds. The number of nitrogens with zero attached hydrogens (tertiary/aromatic N) is 3. The molecule has 0 fully saturated rings. The minimum Gasteiger partial charge on any atom is -0.361 e. The van der Waals surface area contributed by atoms with Crippen molar-refractivity contribution in [3.8, 4) is 11.5 Å². The van der Waals surface area contributed by atoms with Gasteiger partial charge < -0.3 is 14.4 Å². The number of hydrogen-bond donors (Lipinski definition) is 1. The molecule has 0 aromatic carbocycles. The molecule has 3 aromatic heterocycles. The zero-order chi connectivity index (χ0) is 15.4. The molecule has 3 heterocycles. The Balaban J connectivity index is 1.55. The number of amides is 1. The first-order chi connectivity index (χ1) is 10.7. The van der Waals surface area contributed by atoms with Crippen LogP contribution in [0.25, 0.3) is 17.6 Å². The first kappa shape index (κ1) is 14.2. The molecular weight excluding hydrogens is 304 g/mol. The Labute approximate surface area is 129 Å². The molecule has 8 heteroatoms. The third-order valence-electron chi connectivity index (χ3n) is 2.68. The van der Waals surface area contributed by atoms with Crippen molar-refractivity contribution in [2.24, 2.45) is 0 Å². The molecule has 112 valence electrons. The van der Waals surface area contributed by atoms with Gasteiger partial charge in [-0.15, -0.1) is 11.3 Å². The molecule has 22 heavy (non-hydrogen) atoms. The van der Waals surface area contributed by atoms with E-state index in [2.05, 4.69) is 20.6 Å². The van der Waals surface area contributed by atoms with Crippen molar-refractivity contribution >= 4 is 23.3 Å². The van der Waals surface area contributed by atoms with Crippen molar-refractivity contribution in [2.45, 2.75) is 13.5 Å². The van der Waals surface area contributed by atoms with Gasteiger partial charge in [-0.25, -0.2) is 0 Å². The Morgan fingerprint density at radius 2 is 2.32 bits per heavy atom. The fraction of sp³-hybridized carbons (Fsp3) is 0.143. The zero-order valence-electron chi connectivity index (χ0n) is 11.6. The number of hydrogen-bond acceptors (Lipinski definition) is 7. The van der Waals surface area contributed by atoms with Gasteiger partial charge in [0, 0.05) is 17.0 Å². The monoisotopic (exact) mass is 316 g/mol. The lowest BCUT2D eigenvalue weighted by Gasteiger charge is -1.95. The molecule has 0 unspecified atom stereocenters. The van der Waals surface area contributed by atoms with E-state index in [9.17, 15) is 4.79 Å². The van der Waals surface area contributed by atoms with Gasteiger partial charge in [-0.05, 0) is 24.4 Å². The van der Waals surface area contributed by atoms with Gasteiger partial charge in [-0.3, -0.25) is 4.79 Å². The van der Waals surface area contributed by atoms with Crippen LogP contribution in [0, 0.1) is 6.92 Å². The van der Waals surface area contributed by atoms with E-state index in [0.717, 1.165) is 4.88 Å². The summed E-state index contributed by atoms with van der Waals surface area (Å²) in [7, 11) is 0. The number of carbonyl (C=O) groups is 1. The molecule has 7 nitrogen and oxygen atoms in total. The zero-order valence-corrected chi connectivity index (χ0v) is 12.5. The predicted octanol–water partition coefficient (Wildman–Crippen LogP) is 2.42. The van der Waals surface area contributed by atoms with E-state index in [1.807, 2.05) is 17.5 Å². The van der Waals surface area contributed by atoms with Crippen LogP contribution in [-0.4, -0.2) is 21.2 Å². The SMILES string of the molecule is Cc1cc(-c2noc(CNC(=O)/C=C\c3cccs3)n2)no1. The van der Waals surface area contributed by atoms with Crippen LogP contribution < -0.4 is 5.32 Å². The second-order valence-corrected chi connectivity index (χ2v) is 5.38. The van der Waals surface area contributed by atoms with Crippen LogP contribution in [0.2, 0.25) is 0 Å². The lowest BCUT2D eigenvalue weighted by molar-refractivity contribution is -0.116. The Hall–Kier alpha value is -2.74. The van der Waals surface area contributed by atoms with Gasteiger partial charge in [0.25, 0.3) is 0 Å². The molecule has 0 aliphatic heterocycles. The third-order valence-corrected chi connectivity index (χ3v) is 3.52. The van der Waals surface area contributed by atoms with Crippen molar-refractivity contribution in [3.05, 3.63) is 46.2 Å². The molecule has 3 aromatic rings. The molecule has 0 saturated carbocycles. The Kier molecular flexibility index (Phi) is 4.10. The molecule has 0 atom stereocenters. The number of aryl methyl sites for hydroxylation is 1. The van der Waals surface area contributed by atoms with Gasteiger partial charge in [0.15, 0.2) is 5.69 Å². The van der Waals surface area contributed by atoms with Crippen molar-refractivity contribution in [2.75, 3.05) is 0 Å². The molecule has 0 radical (unpaired) electrons. The molecule has 0 aliphatic rings. The van der Waals surface area contributed by atoms with Crippen molar-refractivity contribution in [1.29, 1.82) is 0 Å². The molecule has 0 aliphatic carbocycles. The van der Waals surface area contributed by atoms with E-state index in [0.29, 0.717) is 23.2 Å². The Bertz CT molecular complexity index is 789. The second kappa shape index (κ2) is 6.35. The molecular formula is C14H12N4O3S. The van der Waals surface area contributed by atoms with E-state index in [1.54, 1.807) is 30.4 Å². The highest BCUT2D eigenvalue weighted by molar-refractivity contribution is 7.10. The van der Waals surface area contributed by atoms with E-state index >= 15 is 0 Å². The minimum atomic E-state index is -0.231. The average molecular weight is 316 g/mol. The van der Waals surface area contributed by atoms with Gasteiger partial charge in [-0.2, -0.15) is 4.98 Å². The van der Waals surface area contributed by atoms with Crippen LogP contribution in [-0.2, 0) is 11.3 Å². The Morgan fingerprint density at radius 3 is 3.05 bits per heavy atom. The van der Waals surface area contributed by atoms with E-state index in [1.165, 1.54) is 6.08 Å². The maximum atomic E-state index is 11.7. The van der Waals surface area contributed by atoms with Gasteiger partial charge in [0.05, 0.1) is 6.54 Å². The average Bonchev–Trinajstić information content (AvgIpc) is 3.24. The standard InChI is InChI=1S/C14H12N4O3S/c1-9-7-11(17-20-9)14-16-13(21-18-14)8-15-12(19)5-4-10-3-2-6-22-10/h2-7H,8H2,1H3,(H,15,19)/b5-4-. The number of aromatic nitrogens is 3. The minimum absolute atomic E-state index is 0.150. The fourth-order valence-corrected chi connectivity index (χ4v) is 2.29. The molecule has 0 spiro atoms. The van der Waals surface area contributed by atoms with Gasteiger partial charge >= 0.3 is 0 Å². The molecule has 1 N–H and O–H groups in total. The molecule has 0 bridgehead atoms. The molecule has 0 saturated heterocycles. The lowest BCUT2D eigenvalue weighted by Crippen LogP contribution is -2.20. The predicted molar refractivity (Wildman–Crippen MR) is 79.7 cm³/mol. The van der Waals surface area contributed by atoms with Gasteiger partial charge in [0.1, 0.15) is 5.76 Å². The summed E-state index contributed by atoms with van der Waals surface area (Å²) < 4.78 is 9.99.